The maximum absolute atomic E-state index is 12.0. The third-order valence-corrected chi connectivity index (χ3v) is 5.04. The van der Waals surface area contributed by atoms with E-state index in [4.69, 9.17) is 4.74 Å². The van der Waals surface area contributed by atoms with E-state index in [1.807, 2.05) is 0 Å². The fraction of sp³-hybridized carbons (Fsp3) is 0.846. The topological polar surface area (TPSA) is 43.4 Å². The molecule has 1 aliphatic heterocycles. The van der Waals surface area contributed by atoms with E-state index in [2.05, 4.69) is 6.92 Å². The van der Waals surface area contributed by atoms with Crippen LogP contribution in [0.3, 0.4) is 0 Å². The number of rotatable bonds is 0. The molecule has 88 valence electrons. The van der Waals surface area contributed by atoms with Crippen molar-refractivity contribution in [2.24, 2.45) is 17.3 Å². The van der Waals surface area contributed by atoms with E-state index in [9.17, 15) is 9.59 Å². The molecule has 0 spiro atoms. The molecule has 1 saturated heterocycles. The van der Waals surface area contributed by atoms with Crippen molar-refractivity contribution in [3.63, 3.8) is 0 Å². The number of esters is 1. The van der Waals surface area contributed by atoms with Crippen LogP contribution in [0.4, 0.5) is 0 Å². The van der Waals surface area contributed by atoms with Gasteiger partial charge in [-0.15, -0.1) is 0 Å². The number of carbonyl (C=O) groups is 2. The van der Waals surface area contributed by atoms with Crippen molar-refractivity contribution in [3.8, 4) is 0 Å². The first-order valence-electron chi connectivity index (χ1n) is 6.34. The van der Waals surface area contributed by atoms with Crippen molar-refractivity contribution >= 4 is 11.8 Å². The second kappa shape index (κ2) is 3.31. The van der Waals surface area contributed by atoms with Crippen molar-refractivity contribution in [1.82, 2.24) is 0 Å². The summed E-state index contributed by atoms with van der Waals surface area (Å²) in [6.45, 7) is 2.12. The Labute approximate surface area is 95.5 Å². The zero-order chi connectivity index (χ0) is 11.3. The summed E-state index contributed by atoms with van der Waals surface area (Å²) >= 11 is 0. The number of Topliss-reactive ketones (excluding diaryl/α,β-unsaturated/α-hetero) is 1. The van der Waals surface area contributed by atoms with Crippen LogP contribution in [0.1, 0.15) is 45.4 Å². The highest BCUT2D eigenvalue weighted by atomic mass is 16.5. The molecule has 3 aliphatic rings. The SMILES string of the molecule is C[C@]12CCC3OC(=O)CC[C@H]3[C@@H]1CCC2=O. The lowest BCUT2D eigenvalue weighted by molar-refractivity contribution is -0.168. The van der Waals surface area contributed by atoms with Crippen molar-refractivity contribution < 1.29 is 14.3 Å². The van der Waals surface area contributed by atoms with Gasteiger partial charge in [0, 0.05) is 24.2 Å². The van der Waals surface area contributed by atoms with E-state index in [0.717, 1.165) is 32.1 Å². The van der Waals surface area contributed by atoms with Crippen LogP contribution in [0.15, 0.2) is 0 Å². The Bertz CT molecular complexity index is 349. The predicted molar refractivity (Wildman–Crippen MR) is 57.7 cm³/mol. The molecule has 1 heterocycles. The summed E-state index contributed by atoms with van der Waals surface area (Å²) in [4.78, 5) is 23.2. The Kier molecular flexibility index (Phi) is 2.13. The Morgan fingerprint density at radius 3 is 2.81 bits per heavy atom. The van der Waals surface area contributed by atoms with Gasteiger partial charge >= 0.3 is 5.97 Å². The van der Waals surface area contributed by atoms with Crippen LogP contribution >= 0.6 is 0 Å². The van der Waals surface area contributed by atoms with Gasteiger partial charge in [-0.25, -0.2) is 0 Å². The van der Waals surface area contributed by atoms with Crippen LogP contribution in [-0.4, -0.2) is 17.9 Å². The van der Waals surface area contributed by atoms with Gasteiger partial charge in [0.2, 0.25) is 0 Å². The molecule has 3 nitrogen and oxygen atoms in total. The van der Waals surface area contributed by atoms with Crippen LogP contribution in [0.2, 0.25) is 0 Å². The van der Waals surface area contributed by atoms with Crippen LogP contribution < -0.4 is 0 Å². The first kappa shape index (κ1) is 10.3. The predicted octanol–water partition coefficient (Wildman–Crippen LogP) is 2.09. The van der Waals surface area contributed by atoms with Crippen LogP contribution in [-0.2, 0) is 14.3 Å². The smallest absolute Gasteiger partial charge is 0.306 e. The summed E-state index contributed by atoms with van der Waals surface area (Å²) in [6, 6.07) is 0. The third kappa shape index (κ3) is 1.26. The van der Waals surface area contributed by atoms with Gasteiger partial charge in [0.1, 0.15) is 11.9 Å². The van der Waals surface area contributed by atoms with Gasteiger partial charge < -0.3 is 4.74 Å². The van der Waals surface area contributed by atoms with E-state index in [0.29, 0.717) is 24.0 Å². The molecule has 0 aromatic carbocycles. The van der Waals surface area contributed by atoms with E-state index in [1.165, 1.54) is 0 Å². The van der Waals surface area contributed by atoms with Crippen LogP contribution in [0.5, 0.6) is 0 Å². The number of fused-ring (bicyclic) bond motifs is 3. The molecule has 2 aliphatic carbocycles. The zero-order valence-corrected chi connectivity index (χ0v) is 9.70. The van der Waals surface area contributed by atoms with Crippen LogP contribution in [0.25, 0.3) is 0 Å². The molecule has 0 aromatic heterocycles. The monoisotopic (exact) mass is 222 g/mol. The summed E-state index contributed by atoms with van der Waals surface area (Å²) in [5, 5.41) is 0. The maximum atomic E-state index is 12.0. The first-order chi connectivity index (χ1) is 7.61. The third-order valence-electron chi connectivity index (χ3n) is 5.04. The van der Waals surface area contributed by atoms with E-state index in [-0.39, 0.29) is 17.5 Å². The van der Waals surface area contributed by atoms with Gasteiger partial charge in [-0.3, -0.25) is 9.59 Å². The molecule has 4 atom stereocenters. The molecular weight excluding hydrogens is 204 g/mol. The summed E-state index contributed by atoms with van der Waals surface area (Å²) in [5.74, 6) is 1.30. The Morgan fingerprint density at radius 2 is 2.00 bits per heavy atom. The summed E-state index contributed by atoms with van der Waals surface area (Å²) < 4.78 is 5.43. The Morgan fingerprint density at radius 1 is 1.19 bits per heavy atom. The minimum absolute atomic E-state index is 0.0471. The van der Waals surface area contributed by atoms with Crippen molar-refractivity contribution in [2.75, 3.05) is 0 Å². The number of hydrogen-bond acceptors (Lipinski definition) is 3. The van der Waals surface area contributed by atoms with E-state index in [1.54, 1.807) is 0 Å². The molecule has 3 rings (SSSR count). The minimum Gasteiger partial charge on any atom is -0.462 e. The second-order valence-electron chi connectivity index (χ2n) is 5.76. The molecule has 0 bridgehead atoms. The van der Waals surface area contributed by atoms with E-state index < -0.39 is 0 Å². The van der Waals surface area contributed by atoms with Gasteiger partial charge in [-0.1, -0.05) is 6.92 Å². The molecular formula is C13H18O3. The molecule has 0 N–H and O–H groups in total. The summed E-state index contributed by atoms with van der Waals surface area (Å²) in [6.07, 6.45) is 5.11. The highest BCUT2D eigenvalue weighted by Crippen LogP contribution is 2.55. The lowest BCUT2D eigenvalue weighted by atomic mass is 9.61. The second-order valence-corrected chi connectivity index (χ2v) is 5.76. The number of hydrogen-bond donors (Lipinski definition) is 0. The highest BCUT2D eigenvalue weighted by Gasteiger charge is 2.55. The summed E-state index contributed by atoms with van der Waals surface area (Å²) in [5.41, 5.74) is -0.106. The van der Waals surface area contributed by atoms with Crippen molar-refractivity contribution in [1.29, 1.82) is 0 Å². The lowest BCUT2D eigenvalue weighted by Gasteiger charge is -2.46. The fourth-order valence-electron chi connectivity index (χ4n) is 4.07. The molecule has 0 amide bonds. The number of ketones is 1. The number of ether oxygens (including phenoxy) is 1. The summed E-state index contributed by atoms with van der Waals surface area (Å²) in [7, 11) is 0. The molecule has 16 heavy (non-hydrogen) atoms. The van der Waals surface area contributed by atoms with Crippen molar-refractivity contribution in [2.45, 2.75) is 51.6 Å². The van der Waals surface area contributed by atoms with Gasteiger partial charge in [-0.05, 0) is 31.6 Å². The lowest BCUT2D eigenvalue weighted by Crippen LogP contribution is -2.47. The molecule has 2 saturated carbocycles. The fourth-order valence-corrected chi connectivity index (χ4v) is 4.07. The van der Waals surface area contributed by atoms with Gasteiger partial charge in [0.25, 0.3) is 0 Å². The first-order valence-corrected chi connectivity index (χ1v) is 6.34. The maximum Gasteiger partial charge on any atom is 0.306 e. The highest BCUT2D eigenvalue weighted by molar-refractivity contribution is 5.87. The molecule has 1 unspecified atom stereocenters. The Hall–Kier alpha value is -0.860. The zero-order valence-electron chi connectivity index (χ0n) is 9.70. The molecule has 0 radical (unpaired) electrons. The van der Waals surface area contributed by atoms with Gasteiger partial charge in [0.15, 0.2) is 0 Å². The molecule has 3 fully saturated rings. The molecule has 3 heteroatoms. The van der Waals surface area contributed by atoms with Crippen molar-refractivity contribution in [3.05, 3.63) is 0 Å². The van der Waals surface area contributed by atoms with Gasteiger partial charge in [0.05, 0.1) is 0 Å². The minimum atomic E-state index is -0.106. The largest absolute Gasteiger partial charge is 0.462 e. The Balaban J connectivity index is 1.87. The number of carbonyl (C=O) groups excluding carboxylic acids is 2. The van der Waals surface area contributed by atoms with Crippen LogP contribution in [0, 0.1) is 17.3 Å². The molecule has 0 aromatic rings. The van der Waals surface area contributed by atoms with Gasteiger partial charge in [-0.2, -0.15) is 0 Å². The van der Waals surface area contributed by atoms with E-state index >= 15 is 0 Å². The average molecular weight is 222 g/mol. The average Bonchev–Trinajstić information content (AvgIpc) is 2.56. The standard InChI is InChI=1S/C13H18O3/c1-13-7-6-10-8(2-5-12(15)16-10)9(13)3-4-11(13)14/h8-10H,2-7H2,1H3/t8-,9-,10?,13-/m0/s1. The normalized spacial score (nSPS) is 47.2. The quantitative estimate of drug-likeness (QED) is 0.589.